The van der Waals surface area contributed by atoms with Crippen molar-refractivity contribution in [1.29, 1.82) is 0 Å². The molecule has 0 N–H and O–H groups in total. The number of aromatic nitrogens is 2. The first-order chi connectivity index (χ1) is 13.9. The second kappa shape index (κ2) is 9.35. The van der Waals surface area contributed by atoms with E-state index >= 15 is 0 Å². The number of anilines is 1. The van der Waals surface area contributed by atoms with E-state index in [0.29, 0.717) is 11.7 Å². The minimum atomic E-state index is -2.87. The predicted octanol–water partition coefficient (Wildman–Crippen LogP) is 3.84. The van der Waals surface area contributed by atoms with Crippen molar-refractivity contribution >= 4 is 5.82 Å². The van der Waals surface area contributed by atoms with Crippen LogP contribution in [0.1, 0.15) is 36.8 Å². The number of rotatable bonds is 7. The molecule has 1 aromatic heterocycles. The van der Waals surface area contributed by atoms with Crippen molar-refractivity contribution in [3.63, 3.8) is 0 Å². The van der Waals surface area contributed by atoms with Crippen molar-refractivity contribution in [3.8, 4) is 11.5 Å². The van der Waals surface area contributed by atoms with Crippen LogP contribution in [0.2, 0.25) is 0 Å². The molecule has 0 unspecified atom stereocenters. The molecule has 0 spiro atoms. The van der Waals surface area contributed by atoms with Crippen LogP contribution >= 0.6 is 0 Å². The van der Waals surface area contributed by atoms with Crippen LogP contribution in [-0.4, -0.2) is 54.8 Å². The van der Waals surface area contributed by atoms with Crippen molar-refractivity contribution in [3.05, 3.63) is 41.3 Å². The van der Waals surface area contributed by atoms with Crippen LogP contribution in [0.25, 0.3) is 0 Å². The molecule has 6 nitrogen and oxygen atoms in total. The van der Waals surface area contributed by atoms with Gasteiger partial charge in [-0.1, -0.05) is 19.9 Å². The van der Waals surface area contributed by atoms with E-state index in [9.17, 15) is 8.78 Å². The van der Waals surface area contributed by atoms with Gasteiger partial charge in [-0.2, -0.15) is 8.78 Å². The zero-order valence-electron chi connectivity index (χ0n) is 17.4. The fourth-order valence-corrected chi connectivity index (χ4v) is 3.39. The van der Waals surface area contributed by atoms with Gasteiger partial charge in [-0.15, -0.1) is 0 Å². The maximum absolute atomic E-state index is 12.5. The molecule has 3 rings (SSSR count). The number of hydrogen-bond donors (Lipinski definition) is 0. The van der Waals surface area contributed by atoms with E-state index in [1.165, 1.54) is 13.2 Å². The molecule has 0 radical (unpaired) electrons. The largest absolute Gasteiger partial charge is 0.493 e. The smallest absolute Gasteiger partial charge is 0.387 e. The molecular formula is C21H28F2N4O2. The number of piperazine rings is 1. The summed E-state index contributed by atoms with van der Waals surface area (Å²) in [4.78, 5) is 13.9. The van der Waals surface area contributed by atoms with Gasteiger partial charge in [-0.25, -0.2) is 9.97 Å². The molecule has 1 aliphatic heterocycles. The Morgan fingerprint density at radius 3 is 2.38 bits per heavy atom. The summed E-state index contributed by atoms with van der Waals surface area (Å²) in [7, 11) is 1.45. The Bertz CT molecular complexity index is 824. The fraction of sp³-hybridized carbons (Fsp3) is 0.524. The van der Waals surface area contributed by atoms with Gasteiger partial charge in [0.25, 0.3) is 0 Å². The Hall–Kier alpha value is -2.48. The third kappa shape index (κ3) is 5.53. The van der Waals surface area contributed by atoms with E-state index in [0.717, 1.165) is 55.6 Å². The summed E-state index contributed by atoms with van der Waals surface area (Å²) in [5, 5.41) is 0. The quantitative estimate of drug-likeness (QED) is 0.696. The summed E-state index contributed by atoms with van der Waals surface area (Å²) < 4.78 is 34.6. The van der Waals surface area contributed by atoms with Crippen molar-refractivity contribution in [2.24, 2.45) is 0 Å². The lowest BCUT2D eigenvalue weighted by atomic mass is 10.1. The number of ether oxygens (including phenoxy) is 2. The highest BCUT2D eigenvalue weighted by molar-refractivity contribution is 5.43. The molecule has 0 aliphatic carbocycles. The van der Waals surface area contributed by atoms with Crippen LogP contribution in [0.4, 0.5) is 14.6 Å². The molecule has 158 valence electrons. The number of alkyl halides is 2. The lowest BCUT2D eigenvalue weighted by molar-refractivity contribution is -0.0512. The summed E-state index contributed by atoms with van der Waals surface area (Å²) >= 11 is 0. The van der Waals surface area contributed by atoms with E-state index in [4.69, 9.17) is 9.72 Å². The van der Waals surface area contributed by atoms with Gasteiger partial charge >= 0.3 is 6.61 Å². The van der Waals surface area contributed by atoms with Gasteiger partial charge < -0.3 is 14.4 Å². The molecule has 1 aromatic carbocycles. The van der Waals surface area contributed by atoms with Crippen LogP contribution in [0.5, 0.6) is 11.5 Å². The molecule has 0 saturated carbocycles. The number of methoxy groups -OCH3 is 1. The minimum absolute atomic E-state index is 0.0520. The van der Waals surface area contributed by atoms with Crippen LogP contribution in [-0.2, 0) is 6.54 Å². The second-order valence-corrected chi connectivity index (χ2v) is 7.51. The van der Waals surface area contributed by atoms with Crippen LogP contribution in [0.3, 0.4) is 0 Å². The second-order valence-electron chi connectivity index (χ2n) is 7.51. The Morgan fingerprint density at radius 2 is 1.76 bits per heavy atom. The van der Waals surface area contributed by atoms with Gasteiger partial charge in [0, 0.05) is 50.4 Å². The lowest BCUT2D eigenvalue weighted by Crippen LogP contribution is -2.46. The molecule has 1 saturated heterocycles. The zero-order valence-corrected chi connectivity index (χ0v) is 17.4. The fourth-order valence-electron chi connectivity index (χ4n) is 3.39. The normalized spacial score (nSPS) is 15.2. The van der Waals surface area contributed by atoms with Gasteiger partial charge in [0.05, 0.1) is 7.11 Å². The third-order valence-electron chi connectivity index (χ3n) is 4.92. The van der Waals surface area contributed by atoms with Gasteiger partial charge in [0.15, 0.2) is 11.5 Å². The highest BCUT2D eigenvalue weighted by Gasteiger charge is 2.20. The number of hydrogen-bond acceptors (Lipinski definition) is 6. The SMILES string of the molecule is COc1cc(CN2CCN(c3cc(C)nc(C(C)C)n3)CC2)ccc1OC(F)F. The Labute approximate surface area is 170 Å². The highest BCUT2D eigenvalue weighted by Crippen LogP contribution is 2.30. The zero-order chi connectivity index (χ0) is 21.0. The minimum Gasteiger partial charge on any atom is -0.493 e. The van der Waals surface area contributed by atoms with Crippen LogP contribution in [0, 0.1) is 6.92 Å². The van der Waals surface area contributed by atoms with Crippen LogP contribution < -0.4 is 14.4 Å². The lowest BCUT2D eigenvalue weighted by Gasteiger charge is -2.35. The molecule has 2 heterocycles. The van der Waals surface area contributed by atoms with Crippen molar-refractivity contribution < 1.29 is 18.3 Å². The first-order valence-electron chi connectivity index (χ1n) is 9.80. The number of nitrogens with zero attached hydrogens (tertiary/aromatic N) is 4. The first kappa shape index (κ1) is 21.2. The molecule has 1 fully saturated rings. The van der Waals surface area contributed by atoms with E-state index < -0.39 is 6.61 Å². The molecular weight excluding hydrogens is 378 g/mol. The average molecular weight is 406 g/mol. The maximum atomic E-state index is 12.5. The van der Waals surface area contributed by atoms with Crippen molar-refractivity contribution in [2.75, 3.05) is 38.2 Å². The average Bonchev–Trinajstić information content (AvgIpc) is 2.68. The molecule has 0 bridgehead atoms. The molecule has 29 heavy (non-hydrogen) atoms. The first-order valence-corrected chi connectivity index (χ1v) is 9.80. The van der Waals surface area contributed by atoms with Gasteiger partial charge in [-0.05, 0) is 24.6 Å². The van der Waals surface area contributed by atoms with Gasteiger partial charge in [-0.3, -0.25) is 4.90 Å². The van der Waals surface area contributed by atoms with E-state index in [2.05, 4.69) is 33.4 Å². The number of halogens is 2. The molecule has 0 atom stereocenters. The summed E-state index contributed by atoms with van der Waals surface area (Å²) in [6.45, 7) is 7.57. The van der Waals surface area contributed by atoms with E-state index in [1.807, 2.05) is 13.0 Å². The summed E-state index contributed by atoms with van der Waals surface area (Å²) in [6.07, 6.45) is 0. The Balaban J connectivity index is 1.62. The Morgan fingerprint density at radius 1 is 1.03 bits per heavy atom. The standard InChI is InChI=1S/C21H28F2N4O2/c1-14(2)20-24-15(3)11-19(25-20)27-9-7-26(8-10-27)13-16-5-6-17(29-21(22)23)18(12-16)28-4/h5-6,11-12,14,21H,7-10,13H2,1-4H3. The summed E-state index contributed by atoms with van der Waals surface area (Å²) in [5.41, 5.74) is 1.98. The topological polar surface area (TPSA) is 50.7 Å². The van der Waals surface area contributed by atoms with Crippen molar-refractivity contribution in [1.82, 2.24) is 14.9 Å². The highest BCUT2D eigenvalue weighted by atomic mass is 19.3. The molecule has 0 amide bonds. The van der Waals surface area contributed by atoms with E-state index in [1.54, 1.807) is 12.1 Å². The Kier molecular flexibility index (Phi) is 6.84. The number of aryl methyl sites for hydroxylation is 1. The molecule has 1 aliphatic rings. The molecule has 2 aromatic rings. The summed E-state index contributed by atoms with van der Waals surface area (Å²) in [6, 6.07) is 7.13. The van der Waals surface area contributed by atoms with E-state index in [-0.39, 0.29) is 5.75 Å². The summed E-state index contributed by atoms with van der Waals surface area (Å²) in [5.74, 6) is 2.52. The monoisotopic (exact) mass is 406 g/mol. The van der Waals surface area contributed by atoms with Crippen molar-refractivity contribution in [2.45, 2.75) is 39.8 Å². The van der Waals surface area contributed by atoms with Crippen LogP contribution in [0.15, 0.2) is 24.3 Å². The van der Waals surface area contributed by atoms with Gasteiger partial charge in [0.2, 0.25) is 0 Å². The molecule has 8 heteroatoms. The third-order valence-corrected chi connectivity index (χ3v) is 4.92. The van der Waals surface area contributed by atoms with Gasteiger partial charge in [0.1, 0.15) is 11.6 Å². The predicted molar refractivity (Wildman–Crippen MR) is 108 cm³/mol. The number of benzene rings is 1. The maximum Gasteiger partial charge on any atom is 0.387 e.